The Balaban J connectivity index is 1.50. The predicted octanol–water partition coefficient (Wildman–Crippen LogP) is 3.47. The van der Waals surface area contributed by atoms with Gasteiger partial charge in [-0.05, 0) is 37.7 Å². The molecule has 4 heteroatoms. The van der Waals surface area contributed by atoms with Crippen LogP contribution in [0.25, 0.3) is 0 Å². The smallest absolute Gasteiger partial charge is 0.224 e. The Bertz CT molecular complexity index is 547. The highest BCUT2D eigenvalue weighted by atomic mass is 32.2. The molecule has 1 saturated carbocycles. The van der Waals surface area contributed by atoms with Crippen LogP contribution in [0.4, 0.5) is 0 Å². The molecule has 2 aliphatic carbocycles. The molecule has 2 heterocycles. The monoisotopic (exact) mass is 316 g/mol. The van der Waals surface area contributed by atoms with Gasteiger partial charge >= 0.3 is 0 Å². The van der Waals surface area contributed by atoms with Crippen molar-refractivity contribution in [2.75, 3.05) is 5.75 Å². The second kappa shape index (κ2) is 5.88. The van der Waals surface area contributed by atoms with Gasteiger partial charge in [0.1, 0.15) is 0 Å². The second-order valence-electron chi connectivity index (χ2n) is 6.99. The van der Waals surface area contributed by atoms with Gasteiger partial charge in [0.05, 0.1) is 16.4 Å². The maximum atomic E-state index is 12.8. The lowest BCUT2D eigenvalue weighted by molar-refractivity contribution is -0.126. The summed E-state index contributed by atoms with van der Waals surface area (Å²) < 4.78 is 0.0675. The van der Waals surface area contributed by atoms with E-state index in [0.29, 0.717) is 17.9 Å². The van der Waals surface area contributed by atoms with Crippen LogP contribution in [-0.2, 0) is 4.79 Å². The molecule has 1 saturated heterocycles. The quantitative estimate of drug-likeness (QED) is 0.847. The van der Waals surface area contributed by atoms with E-state index >= 15 is 0 Å². The molecule has 0 aromatic rings. The number of allylic oxidation sites excluding steroid dienone is 3. The number of amides is 1. The summed E-state index contributed by atoms with van der Waals surface area (Å²) >= 11 is 1.96. The third-order valence-electron chi connectivity index (χ3n) is 5.73. The molecule has 2 aliphatic heterocycles. The largest absolute Gasteiger partial charge is 0.353 e. The Kier molecular flexibility index (Phi) is 3.89. The number of carbonyl (C=O) groups is 1. The van der Waals surface area contributed by atoms with Crippen molar-refractivity contribution in [1.82, 2.24) is 5.32 Å². The van der Waals surface area contributed by atoms with E-state index in [0.717, 1.165) is 31.4 Å². The van der Waals surface area contributed by atoms with Gasteiger partial charge in [-0.3, -0.25) is 9.79 Å². The summed E-state index contributed by atoms with van der Waals surface area (Å²) in [6, 6.07) is 0.418. The van der Waals surface area contributed by atoms with Crippen molar-refractivity contribution >= 4 is 23.9 Å². The molecule has 1 N–H and O–H groups in total. The average molecular weight is 316 g/mol. The fourth-order valence-electron chi connectivity index (χ4n) is 4.49. The van der Waals surface area contributed by atoms with E-state index in [1.54, 1.807) is 0 Å². The van der Waals surface area contributed by atoms with Crippen LogP contribution < -0.4 is 5.32 Å². The standard InChI is InChI=1S/C18H24N2OS/c21-17(20-13-6-2-1-3-7-13)14-12-22-18-10-5-4-8-16(18)19-11-9-15(14)18/h4-5,8,11,13-15H,1-3,6-7,9-10,12H2,(H,20,21). The molecule has 2 fully saturated rings. The van der Waals surface area contributed by atoms with Gasteiger partial charge in [0.2, 0.25) is 5.91 Å². The average Bonchev–Trinajstić information content (AvgIpc) is 2.93. The first-order valence-corrected chi connectivity index (χ1v) is 9.62. The number of rotatable bonds is 2. The molecule has 3 nitrogen and oxygen atoms in total. The van der Waals surface area contributed by atoms with Crippen LogP contribution in [0.1, 0.15) is 44.9 Å². The van der Waals surface area contributed by atoms with E-state index in [9.17, 15) is 4.79 Å². The zero-order chi connectivity index (χ0) is 15.0. The summed E-state index contributed by atoms with van der Waals surface area (Å²) in [6.07, 6.45) is 16.7. The van der Waals surface area contributed by atoms with Crippen LogP contribution in [0.15, 0.2) is 28.9 Å². The lowest BCUT2D eigenvalue weighted by atomic mass is 9.73. The number of aliphatic imine (C=N–C) groups is 1. The van der Waals surface area contributed by atoms with Crippen molar-refractivity contribution in [3.63, 3.8) is 0 Å². The SMILES string of the molecule is O=C(NC1CCCCC1)C1CSC23CC=CC=C2N=CCC13. The summed E-state index contributed by atoms with van der Waals surface area (Å²) in [7, 11) is 0. The van der Waals surface area contributed by atoms with Crippen LogP contribution in [-0.4, -0.2) is 28.7 Å². The first kappa shape index (κ1) is 14.6. The van der Waals surface area contributed by atoms with Gasteiger partial charge in [-0.1, -0.05) is 31.4 Å². The minimum absolute atomic E-state index is 0.0675. The molecule has 4 aliphatic rings. The Hall–Kier alpha value is -1.03. The van der Waals surface area contributed by atoms with E-state index in [-0.39, 0.29) is 10.7 Å². The minimum atomic E-state index is 0.0675. The number of hydrogen-bond acceptors (Lipinski definition) is 3. The van der Waals surface area contributed by atoms with Crippen molar-refractivity contribution in [2.45, 2.75) is 55.7 Å². The zero-order valence-electron chi connectivity index (χ0n) is 13.0. The minimum Gasteiger partial charge on any atom is -0.353 e. The maximum absolute atomic E-state index is 12.8. The van der Waals surface area contributed by atoms with Crippen LogP contribution in [0, 0.1) is 11.8 Å². The number of nitrogens with one attached hydrogen (secondary N) is 1. The molecule has 0 aromatic heterocycles. The van der Waals surface area contributed by atoms with Gasteiger partial charge in [-0.25, -0.2) is 0 Å². The van der Waals surface area contributed by atoms with E-state index < -0.39 is 0 Å². The van der Waals surface area contributed by atoms with Crippen LogP contribution in [0.2, 0.25) is 0 Å². The predicted molar refractivity (Wildman–Crippen MR) is 92.1 cm³/mol. The fourth-order valence-corrected chi connectivity index (χ4v) is 6.31. The normalized spacial score (nSPS) is 37.4. The lowest BCUT2D eigenvalue weighted by Crippen LogP contribution is -2.46. The molecule has 0 aromatic carbocycles. The molecule has 3 atom stereocenters. The second-order valence-corrected chi connectivity index (χ2v) is 8.34. The fraction of sp³-hybridized carbons (Fsp3) is 0.667. The van der Waals surface area contributed by atoms with Crippen molar-refractivity contribution in [2.24, 2.45) is 16.8 Å². The molecule has 22 heavy (non-hydrogen) atoms. The molecule has 0 bridgehead atoms. The molecule has 3 unspecified atom stereocenters. The first-order valence-electron chi connectivity index (χ1n) is 8.64. The van der Waals surface area contributed by atoms with Crippen molar-refractivity contribution in [3.8, 4) is 0 Å². The van der Waals surface area contributed by atoms with Gasteiger partial charge in [0, 0.05) is 18.0 Å². The van der Waals surface area contributed by atoms with Crippen molar-refractivity contribution in [3.05, 3.63) is 23.9 Å². The van der Waals surface area contributed by atoms with Gasteiger partial charge in [0.25, 0.3) is 0 Å². The number of thioether (sulfide) groups is 1. The molecule has 1 spiro atoms. The van der Waals surface area contributed by atoms with E-state index in [4.69, 9.17) is 0 Å². The van der Waals surface area contributed by atoms with Crippen molar-refractivity contribution < 1.29 is 4.79 Å². The molecule has 0 radical (unpaired) electrons. The van der Waals surface area contributed by atoms with E-state index in [1.165, 1.54) is 25.0 Å². The summed E-state index contributed by atoms with van der Waals surface area (Å²) in [4.78, 5) is 17.5. The number of carbonyl (C=O) groups excluding carboxylic acids is 1. The van der Waals surface area contributed by atoms with Crippen molar-refractivity contribution in [1.29, 1.82) is 0 Å². The Morgan fingerprint density at radius 2 is 2.18 bits per heavy atom. The lowest BCUT2D eigenvalue weighted by Gasteiger charge is -2.39. The van der Waals surface area contributed by atoms with Crippen LogP contribution in [0.3, 0.4) is 0 Å². The molecule has 1 amide bonds. The van der Waals surface area contributed by atoms with Gasteiger partial charge in [-0.2, -0.15) is 0 Å². The number of nitrogens with zero attached hydrogens (tertiary/aromatic N) is 1. The number of hydrogen-bond donors (Lipinski definition) is 1. The van der Waals surface area contributed by atoms with Gasteiger partial charge in [-0.15, -0.1) is 11.8 Å². The highest BCUT2D eigenvalue weighted by Gasteiger charge is 2.54. The Morgan fingerprint density at radius 3 is 3.05 bits per heavy atom. The van der Waals surface area contributed by atoms with Gasteiger partial charge < -0.3 is 5.32 Å². The molecule has 118 valence electrons. The van der Waals surface area contributed by atoms with Gasteiger partial charge in [0.15, 0.2) is 0 Å². The summed E-state index contributed by atoms with van der Waals surface area (Å²) in [5.74, 6) is 1.80. The van der Waals surface area contributed by atoms with E-state index in [2.05, 4.69) is 28.5 Å². The van der Waals surface area contributed by atoms with E-state index in [1.807, 2.05) is 18.0 Å². The summed E-state index contributed by atoms with van der Waals surface area (Å²) in [5, 5.41) is 3.35. The molecular formula is C18H24N2OS. The highest BCUT2D eigenvalue weighted by Crippen LogP contribution is 2.57. The third-order valence-corrected chi connectivity index (χ3v) is 7.45. The maximum Gasteiger partial charge on any atom is 0.224 e. The Labute approximate surface area is 136 Å². The topological polar surface area (TPSA) is 41.5 Å². The van der Waals surface area contributed by atoms with Crippen LogP contribution in [0.5, 0.6) is 0 Å². The van der Waals surface area contributed by atoms with Crippen LogP contribution >= 0.6 is 11.8 Å². The molecule has 4 rings (SSSR count). The highest BCUT2D eigenvalue weighted by molar-refractivity contribution is 8.01. The molecular weight excluding hydrogens is 292 g/mol. The zero-order valence-corrected chi connectivity index (χ0v) is 13.8. The summed E-state index contributed by atoms with van der Waals surface area (Å²) in [5.41, 5.74) is 1.18. The summed E-state index contributed by atoms with van der Waals surface area (Å²) in [6.45, 7) is 0. The Morgan fingerprint density at radius 1 is 1.32 bits per heavy atom. The third kappa shape index (κ3) is 2.36. The first-order chi connectivity index (χ1) is 10.8.